The SMILES string of the molecule is CC(Nc1ccc(=O)n(C)c1)c1ccoc1. The van der Waals surface area contributed by atoms with Crippen LogP contribution in [-0.4, -0.2) is 4.57 Å². The number of aryl methyl sites for hydroxylation is 1. The van der Waals surface area contributed by atoms with E-state index in [1.54, 1.807) is 42.5 Å². The molecule has 0 aliphatic heterocycles. The van der Waals surface area contributed by atoms with E-state index in [0.717, 1.165) is 11.3 Å². The summed E-state index contributed by atoms with van der Waals surface area (Å²) in [5, 5.41) is 3.29. The van der Waals surface area contributed by atoms with Crippen LogP contribution in [0.3, 0.4) is 0 Å². The molecule has 0 aliphatic carbocycles. The largest absolute Gasteiger partial charge is 0.472 e. The summed E-state index contributed by atoms with van der Waals surface area (Å²) in [7, 11) is 1.73. The Morgan fingerprint density at radius 2 is 2.19 bits per heavy atom. The van der Waals surface area contributed by atoms with Crippen LogP contribution >= 0.6 is 0 Å². The van der Waals surface area contributed by atoms with E-state index < -0.39 is 0 Å². The Morgan fingerprint density at radius 3 is 2.81 bits per heavy atom. The average molecular weight is 218 g/mol. The normalized spacial score (nSPS) is 12.4. The molecule has 0 radical (unpaired) electrons. The third-order valence-corrected chi connectivity index (χ3v) is 2.51. The van der Waals surface area contributed by atoms with E-state index in [0.29, 0.717) is 0 Å². The van der Waals surface area contributed by atoms with Crippen molar-refractivity contribution in [3.63, 3.8) is 0 Å². The van der Waals surface area contributed by atoms with Crippen molar-refractivity contribution in [2.24, 2.45) is 7.05 Å². The zero-order valence-electron chi connectivity index (χ0n) is 9.31. The summed E-state index contributed by atoms with van der Waals surface area (Å²) in [6, 6.07) is 5.39. The predicted octanol–water partition coefficient (Wildman–Crippen LogP) is 2.15. The molecule has 2 rings (SSSR count). The molecule has 1 unspecified atom stereocenters. The molecule has 2 aromatic heterocycles. The van der Waals surface area contributed by atoms with E-state index in [4.69, 9.17) is 4.42 Å². The Bertz CT molecular complexity index is 514. The monoisotopic (exact) mass is 218 g/mol. The fraction of sp³-hybridized carbons (Fsp3) is 0.250. The smallest absolute Gasteiger partial charge is 0.250 e. The first-order chi connectivity index (χ1) is 7.66. The van der Waals surface area contributed by atoms with Gasteiger partial charge in [-0.15, -0.1) is 0 Å². The van der Waals surface area contributed by atoms with Gasteiger partial charge in [0, 0.05) is 24.9 Å². The molecule has 0 aliphatic rings. The molecule has 4 heteroatoms. The summed E-state index contributed by atoms with van der Waals surface area (Å²) in [5.74, 6) is 0. The van der Waals surface area contributed by atoms with Crippen LogP contribution in [0.25, 0.3) is 0 Å². The predicted molar refractivity (Wildman–Crippen MR) is 62.4 cm³/mol. The van der Waals surface area contributed by atoms with Crippen molar-refractivity contribution in [1.82, 2.24) is 4.57 Å². The molecule has 1 atom stereocenters. The lowest BCUT2D eigenvalue weighted by Gasteiger charge is -2.13. The van der Waals surface area contributed by atoms with Gasteiger partial charge in [0.15, 0.2) is 0 Å². The first-order valence-electron chi connectivity index (χ1n) is 5.12. The van der Waals surface area contributed by atoms with Gasteiger partial charge in [0.05, 0.1) is 24.3 Å². The number of hydrogen-bond donors (Lipinski definition) is 1. The van der Waals surface area contributed by atoms with E-state index in [2.05, 4.69) is 5.32 Å². The Morgan fingerprint density at radius 1 is 1.38 bits per heavy atom. The van der Waals surface area contributed by atoms with Crippen LogP contribution < -0.4 is 10.9 Å². The van der Waals surface area contributed by atoms with Crippen molar-refractivity contribution in [3.8, 4) is 0 Å². The highest BCUT2D eigenvalue weighted by Crippen LogP contribution is 2.18. The lowest BCUT2D eigenvalue weighted by molar-refractivity contribution is 0.562. The second kappa shape index (κ2) is 4.26. The standard InChI is InChI=1S/C12H14N2O2/c1-9(10-5-6-16-8-10)13-11-3-4-12(15)14(2)7-11/h3-9,13H,1-2H3. The molecule has 4 nitrogen and oxygen atoms in total. The molecule has 0 amide bonds. The van der Waals surface area contributed by atoms with E-state index in [1.165, 1.54) is 0 Å². The number of nitrogens with zero attached hydrogens (tertiary/aromatic N) is 1. The molecule has 2 heterocycles. The van der Waals surface area contributed by atoms with Crippen LogP contribution in [0.15, 0.2) is 46.1 Å². The van der Waals surface area contributed by atoms with Crippen molar-refractivity contribution in [3.05, 3.63) is 52.8 Å². The van der Waals surface area contributed by atoms with Gasteiger partial charge in [-0.1, -0.05) is 0 Å². The Hall–Kier alpha value is -1.97. The molecule has 0 saturated carbocycles. The number of furan rings is 1. The van der Waals surface area contributed by atoms with Crippen molar-refractivity contribution < 1.29 is 4.42 Å². The molecule has 84 valence electrons. The van der Waals surface area contributed by atoms with Gasteiger partial charge in [-0.3, -0.25) is 4.79 Å². The number of hydrogen-bond acceptors (Lipinski definition) is 3. The lowest BCUT2D eigenvalue weighted by Crippen LogP contribution is -2.16. The van der Waals surface area contributed by atoms with Crippen LogP contribution in [-0.2, 0) is 7.05 Å². The molecular weight excluding hydrogens is 204 g/mol. The molecule has 0 fully saturated rings. The second-order valence-electron chi connectivity index (χ2n) is 3.79. The molecule has 2 aromatic rings. The molecule has 16 heavy (non-hydrogen) atoms. The fourth-order valence-corrected chi connectivity index (χ4v) is 1.53. The van der Waals surface area contributed by atoms with Gasteiger partial charge in [-0.2, -0.15) is 0 Å². The van der Waals surface area contributed by atoms with Crippen LogP contribution in [0.2, 0.25) is 0 Å². The quantitative estimate of drug-likeness (QED) is 0.858. The zero-order chi connectivity index (χ0) is 11.5. The van der Waals surface area contributed by atoms with Crippen molar-refractivity contribution in [2.45, 2.75) is 13.0 Å². The highest BCUT2D eigenvalue weighted by atomic mass is 16.3. The Labute approximate surface area is 93.5 Å². The van der Waals surface area contributed by atoms with Gasteiger partial charge in [0.2, 0.25) is 5.56 Å². The highest BCUT2D eigenvalue weighted by molar-refractivity contribution is 5.42. The van der Waals surface area contributed by atoms with Gasteiger partial charge in [0.1, 0.15) is 0 Å². The molecule has 1 N–H and O–H groups in total. The zero-order valence-corrected chi connectivity index (χ0v) is 9.31. The van der Waals surface area contributed by atoms with Gasteiger partial charge >= 0.3 is 0 Å². The molecule has 0 saturated heterocycles. The van der Waals surface area contributed by atoms with E-state index >= 15 is 0 Å². The number of aromatic nitrogens is 1. The summed E-state index contributed by atoms with van der Waals surface area (Å²) in [6.45, 7) is 2.04. The number of pyridine rings is 1. The highest BCUT2D eigenvalue weighted by Gasteiger charge is 2.06. The lowest BCUT2D eigenvalue weighted by atomic mass is 10.2. The second-order valence-corrected chi connectivity index (χ2v) is 3.79. The Kier molecular flexibility index (Phi) is 2.81. The van der Waals surface area contributed by atoms with Crippen molar-refractivity contribution in [1.29, 1.82) is 0 Å². The summed E-state index contributed by atoms with van der Waals surface area (Å²) >= 11 is 0. The van der Waals surface area contributed by atoms with Crippen LogP contribution in [0.5, 0.6) is 0 Å². The third-order valence-electron chi connectivity index (χ3n) is 2.51. The first kappa shape index (κ1) is 10.5. The first-order valence-corrected chi connectivity index (χ1v) is 5.12. The fourth-order valence-electron chi connectivity index (χ4n) is 1.53. The van der Waals surface area contributed by atoms with Crippen molar-refractivity contribution in [2.75, 3.05) is 5.32 Å². The van der Waals surface area contributed by atoms with Crippen LogP contribution in [0.1, 0.15) is 18.5 Å². The third kappa shape index (κ3) is 2.16. The van der Waals surface area contributed by atoms with Crippen LogP contribution in [0, 0.1) is 0 Å². The maximum absolute atomic E-state index is 11.2. The van der Waals surface area contributed by atoms with Gasteiger partial charge in [-0.25, -0.2) is 0 Å². The topological polar surface area (TPSA) is 47.2 Å². The number of rotatable bonds is 3. The minimum atomic E-state index is -0.0125. The van der Waals surface area contributed by atoms with Crippen LogP contribution in [0.4, 0.5) is 5.69 Å². The van der Waals surface area contributed by atoms with E-state index in [1.807, 2.05) is 13.0 Å². The summed E-state index contributed by atoms with van der Waals surface area (Å²) in [4.78, 5) is 11.2. The molecule has 0 spiro atoms. The maximum atomic E-state index is 11.2. The molecule has 0 bridgehead atoms. The van der Waals surface area contributed by atoms with E-state index in [-0.39, 0.29) is 11.6 Å². The minimum Gasteiger partial charge on any atom is -0.472 e. The summed E-state index contributed by atoms with van der Waals surface area (Å²) in [5.41, 5.74) is 1.98. The molecule has 0 aromatic carbocycles. The van der Waals surface area contributed by atoms with Gasteiger partial charge in [-0.05, 0) is 19.1 Å². The average Bonchev–Trinajstić information content (AvgIpc) is 2.77. The van der Waals surface area contributed by atoms with E-state index in [9.17, 15) is 4.79 Å². The minimum absolute atomic E-state index is 0.0125. The maximum Gasteiger partial charge on any atom is 0.250 e. The van der Waals surface area contributed by atoms with Crippen molar-refractivity contribution >= 4 is 5.69 Å². The summed E-state index contributed by atoms with van der Waals surface area (Å²) in [6.07, 6.45) is 5.13. The van der Waals surface area contributed by atoms with Gasteiger partial charge < -0.3 is 14.3 Å². The Balaban J connectivity index is 2.15. The summed E-state index contributed by atoms with van der Waals surface area (Å²) < 4.78 is 6.57. The number of nitrogens with one attached hydrogen (secondary N) is 1. The number of anilines is 1. The van der Waals surface area contributed by atoms with Gasteiger partial charge in [0.25, 0.3) is 0 Å². The molecular formula is C12H14N2O2.